The predicted octanol–water partition coefficient (Wildman–Crippen LogP) is 3.72. The molecule has 1 fully saturated rings. The summed E-state index contributed by atoms with van der Waals surface area (Å²) in [6.45, 7) is 12.6. The van der Waals surface area contributed by atoms with Gasteiger partial charge in [-0.05, 0) is 58.2 Å². The first-order chi connectivity index (χ1) is 11.8. The number of hydrogen-bond acceptors (Lipinski definition) is 3. The van der Waals surface area contributed by atoms with Crippen molar-refractivity contribution in [1.29, 1.82) is 0 Å². The Morgan fingerprint density at radius 1 is 1.38 bits per heavy atom. The zero-order valence-electron chi connectivity index (χ0n) is 17.5. The summed E-state index contributed by atoms with van der Waals surface area (Å²) in [6, 6.07) is 0.101. The second kappa shape index (κ2) is 6.46. The SMILES string of the molecule is [2H]/C(=C1/NC(=O)[C@@]([2H])(CC)[C@H]1C)c1[nH]c(C(=O)OC(C)(C)C)c(C)c1C. The molecule has 1 saturated heterocycles. The fourth-order valence-electron chi connectivity index (χ4n) is 2.77. The third kappa shape index (κ3) is 3.55. The fraction of sp³-hybridized carbons (Fsp3) is 0.579. The number of aromatic nitrogens is 1. The Balaban J connectivity index is 2.49. The van der Waals surface area contributed by atoms with Crippen molar-refractivity contribution in [2.75, 3.05) is 0 Å². The van der Waals surface area contributed by atoms with Gasteiger partial charge in [-0.15, -0.1) is 0 Å². The highest BCUT2D eigenvalue weighted by Gasteiger charge is 2.34. The monoisotopic (exact) mass is 334 g/mol. The summed E-state index contributed by atoms with van der Waals surface area (Å²) in [7, 11) is 0. The summed E-state index contributed by atoms with van der Waals surface area (Å²) >= 11 is 0. The number of aromatic amines is 1. The number of nitrogens with one attached hydrogen (secondary N) is 2. The van der Waals surface area contributed by atoms with Crippen LogP contribution in [0.5, 0.6) is 0 Å². The molecule has 0 spiro atoms. The summed E-state index contributed by atoms with van der Waals surface area (Å²) in [5.74, 6) is -2.57. The van der Waals surface area contributed by atoms with Gasteiger partial charge in [0.05, 0.1) is 1.37 Å². The molecule has 0 aromatic carbocycles. The Morgan fingerprint density at radius 2 is 2.00 bits per heavy atom. The predicted molar refractivity (Wildman–Crippen MR) is 94.5 cm³/mol. The van der Waals surface area contributed by atoms with Crippen LogP contribution in [0.4, 0.5) is 0 Å². The number of esters is 1. The average molecular weight is 334 g/mol. The molecule has 2 atom stereocenters. The molecule has 1 aliphatic rings. The van der Waals surface area contributed by atoms with Crippen molar-refractivity contribution in [3.05, 3.63) is 28.2 Å². The number of hydrogen-bond donors (Lipinski definition) is 2. The molecule has 1 aromatic heterocycles. The summed E-state index contributed by atoms with van der Waals surface area (Å²) < 4.78 is 22.4. The van der Waals surface area contributed by atoms with Crippen molar-refractivity contribution in [3.8, 4) is 0 Å². The van der Waals surface area contributed by atoms with Crippen LogP contribution in [-0.2, 0) is 9.53 Å². The molecule has 2 heterocycles. The molecule has 5 nitrogen and oxygen atoms in total. The first-order valence-electron chi connectivity index (χ1n) is 9.28. The Kier molecular flexibility index (Phi) is 4.17. The minimum atomic E-state index is -1.27. The zero-order valence-corrected chi connectivity index (χ0v) is 15.5. The van der Waals surface area contributed by atoms with Crippen LogP contribution in [0.2, 0.25) is 0 Å². The van der Waals surface area contributed by atoms with E-state index in [4.69, 9.17) is 7.48 Å². The standard InChI is InChI=1S/C19H28N2O3/c1-8-13-12(4)15(21-17(13)22)9-14-10(2)11(3)16(20-14)18(23)24-19(5,6)7/h9,12-13,20H,8H2,1-7H3,(H,21,22)/b15-9-/t12-,13+/m1/s1/i9D,13D. The fourth-order valence-corrected chi connectivity index (χ4v) is 2.77. The highest BCUT2D eigenvalue weighted by molar-refractivity contribution is 5.91. The van der Waals surface area contributed by atoms with E-state index in [2.05, 4.69) is 10.3 Å². The van der Waals surface area contributed by atoms with Gasteiger partial charge >= 0.3 is 5.97 Å². The van der Waals surface area contributed by atoms with Crippen LogP contribution in [0, 0.1) is 25.7 Å². The van der Waals surface area contributed by atoms with Crippen LogP contribution in [0.1, 0.15) is 71.1 Å². The lowest BCUT2D eigenvalue weighted by atomic mass is 9.92. The van der Waals surface area contributed by atoms with Crippen molar-refractivity contribution in [3.63, 3.8) is 0 Å². The first-order valence-corrected chi connectivity index (χ1v) is 8.28. The van der Waals surface area contributed by atoms with E-state index in [9.17, 15) is 9.59 Å². The topological polar surface area (TPSA) is 71.2 Å². The maximum Gasteiger partial charge on any atom is 0.355 e. The molecule has 0 aliphatic carbocycles. The number of rotatable bonds is 3. The molecule has 1 amide bonds. The van der Waals surface area contributed by atoms with E-state index in [0.29, 0.717) is 29.1 Å². The van der Waals surface area contributed by atoms with E-state index in [1.165, 1.54) is 0 Å². The normalized spacial score (nSPS) is 27.5. The van der Waals surface area contributed by atoms with Gasteiger partial charge in [0.15, 0.2) is 0 Å². The van der Waals surface area contributed by atoms with E-state index in [0.717, 1.165) is 5.56 Å². The number of amides is 1. The number of ether oxygens (including phenoxy) is 1. The minimum absolute atomic E-state index is 0.101. The van der Waals surface area contributed by atoms with Crippen LogP contribution >= 0.6 is 0 Å². The lowest BCUT2D eigenvalue weighted by Crippen LogP contribution is -2.24. The van der Waals surface area contributed by atoms with Gasteiger partial charge in [-0.2, -0.15) is 0 Å². The molecule has 132 valence electrons. The number of carbonyl (C=O) groups is 2. The number of carbonyl (C=O) groups excluding carboxylic acids is 2. The van der Waals surface area contributed by atoms with Crippen LogP contribution in [0.25, 0.3) is 6.05 Å². The van der Waals surface area contributed by atoms with Gasteiger partial charge in [-0.3, -0.25) is 4.79 Å². The molecule has 24 heavy (non-hydrogen) atoms. The number of allylic oxidation sites excluding steroid dienone is 1. The molecule has 1 aromatic rings. The van der Waals surface area contributed by atoms with Crippen molar-refractivity contribution in [1.82, 2.24) is 10.3 Å². The highest BCUT2D eigenvalue weighted by Crippen LogP contribution is 2.31. The molecular formula is C19H28N2O3. The minimum Gasteiger partial charge on any atom is -0.455 e. The molecule has 0 radical (unpaired) electrons. The maximum absolute atomic E-state index is 12.4. The van der Waals surface area contributed by atoms with Crippen molar-refractivity contribution in [2.24, 2.45) is 11.8 Å². The largest absolute Gasteiger partial charge is 0.455 e. The zero-order chi connectivity index (χ0) is 20.0. The van der Waals surface area contributed by atoms with Crippen LogP contribution < -0.4 is 5.32 Å². The van der Waals surface area contributed by atoms with Crippen LogP contribution in [0.3, 0.4) is 0 Å². The average Bonchev–Trinajstić information content (AvgIpc) is 2.95. The molecule has 5 heteroatoms. The number of H-pyrrole nitrogens is 1. The van der Waals surface area contributed by atoms with E-state index >= 15 is 0 Å². The van der Waals surface area contributed by atoms with Gasteiger partial charge in [0, 0.05) is 24.6 Å². The quantitative estimate of drug-likeness (QED) is 0.828. The van der Waals surface area contributed by atoms with Gasteiger partial charge in [0.25, 0.3) is 0 Å². The summed E-state index contributed by atoms with van der Waals surface area (Å²) in [5, 5.41) is 2.70. The smallest absolute Gasteiger partial charge is 0.355 e. The molecular weight excluding hydrogens is 304 g/mol. The second-order valence-electron chi connectivity index (χ2n) is 7.22. The van der Waals surface area contributed by atoms with Gasteiger partial charge in [0.2, 0.25) is 5.91 Å². The Hall–Kier alpha value is -2.04. The maximum atomic E-state index is 12.4. The van der Waals surface area contributed by atoms with Crippen molar-refractivity contribution in [2.45, 2.75) is 60.5 Å². The molecule has 1 aliphatic heterocycles. The Labute approximate surface area is 146 Å². The van der Waals surface area contributed by atoms with Gasteiger partial charge < -0.3 is 15.0 Å². The van der Waals surface area contributed by atoms with E-state index < -0.39 is 23.4 Å². The van der Waals surface area contributed by atoms with E-state index in [1.807, 2.05) is 6.92 Å². The van der Waals surface area contributed by atoms with Crippen LogP contribution in [0.15, 0.2) is 5.70 Å². The second-order valence-corrected chi connectivity index (χ2v) is 7.22. The molecule has 0 saturated carbocycles. The van der Waals surface area contributed by atoms with Crippen molar-refractivity contribution >= 4 is 17.9 Å². The van der Waals surface area contributed by atoms with Gasteiger partial charge in [0.1, 0.15) is 11.3 Å². The van der Waals surface area contributed by atoms with Crippen molar-refractivity contribution < 1.29 is 17.1 Å². The lowest BCUT2D eigenvalue weighted by molar-refractivity contribution is -0.122. The summed E-state index contributed by atoms with van der Waals surface area (Å²) in [5.41, 5.74) is 2.03. The van der Waals surface area contributed by atoms with Gasteiger partial charge in [-0.1, -0.05) is 13.8 Å². The highest BCUT2D eigenvalue weighted by atomic mass is 16.6. The van der Waals surface area contributed by atoms with E-state index in [-0.39, 0.29) is 12.0 Å². The Morgan fingerprint density at radius 3 is 2.50 bits per heavy atom. The first kappa shape index (κ1) is 15.5. The molecule has 2 rings (SSSR count). The summed E-state index contributed by atoms with van der Waals surface area (Å²) in [4.78, 5) is 27.6. The third-order valence-electron chi connectivity index (χ3n) is 4.30. The van der Waals surface area contributed by atoms with Crippen LogP contribution in [-0.4, -0.2) is 22.5 Å². The molecule has 0 unspecified atom stereocenters. The third-order valence-corrected chi connectivity index (χ3v) is 4.30. The lowest BCUT2D eigenvalue weighted by Gasteiger charge is -2.19. The summed E-state index contributed by atoms with van der Waals surface area (Å²) in [6.07, 6.45) is 0.364. The van der Waals surface area contributed by atoms with E-state index in [1.54, 1.807) is 41.5 Å². The van der Waals surface area contributed by atoms with Gasteiger partial charge in [-0.25, -0.2) is 4.79 Å². The molecule has 2 N–H and O–H groups in total. The Bertz CT molecular complexity index is 789. The molecule has 0 bridgehead atoms.